The van der Waals surface area contributed by atoms with Gasteiger partial charge in [0, 0.05) is 19.4 Å². The molecular weight excluding hydrogens is 179 g/mol. The van der Waals surface area contributed by atoms with E-state index in [2.05, 4.69) is 11.1 Å². The van der Waals surface area contributed by atoms with Crippen LogP contribution in [0.2, 0.25) is 0 Å². The first-order chi connectivity index (χ1) is 5.39. The monoisotopic (exact) mass is 190 g/mol. The second-order valence-electron chi connectivity index (χ2n) is 2.74. The Morgan fingerprint density at radius 3 is 2.33 bits per heavy atom. The fraction of sp³-hybridized carbons (Fsp3) is 0.571. The third-order valence-electron chi connectivity index (χ3n) is 0.944. The van der Waals surface area contributed by atoms with Gasteiger partial charge < -0.3 is 4.74 Å². The summed E-state index contributed by atoms with van der Waals surface area (Å²) >= 11 is 0. The van der Waals surface area contributed by atoms with E-state index < -0.39 is 20.4 Å². The number of esters is 1. The fourth-order valence-corrected chi connectivity index (χ4v) is 0.636. The molecule has 0 aliphatic carbocycles. The van der Waals surface area contributed by atoms with Crippen molar-refractivity contribution in [1.82, 2.24) is 0 Å². The molecule has 0 aromatic heterocycles. The molecule has 0 aromatic rings. The van der Waals surface area contributed by atoms with Gasteiger partial charge >= 0.3 is 14.7 Å². The molecule has 4 nitrogen and oxygen atoms in total. The van der Waals surface area contributed by atoms with Crippen molar-refractivity contribution in [2.45, 2.75) is 26.6 Å². The summed E-state index contributed by atoms with van der Waals surface area (Å²) in [5.74, 6) is -1.75. The van der Waals surface area contributed by atoms with Gasteiger partial charge in [0.25, 0.3) is 0 Å². The van der Waals surface area contributed by atoms with Crippen LogP contribution in [0.25, 0.3) is 0 Å². The lowest BCUT2D eigenvalue weighted by Gasteiger charge is -2.20. The van der Waals surface area contributed by atoms with Gasteiger partial charge in [-0.2, -0.15) is 0 Å². The average molecular weight is 190 g/mol. The van der Waals surface area contributed by atoms with Gasteiger partial charge in [-0.15, -0.1) is 0 Å². The predicted molar refractivity (Wildman–Crippen MR) is 43.7 cm³/mol. The van der Waals surface area contributed by atoms with E-state index in [0.29, 0.717) is 0 Å². The normalized spacial score (nSPS) is 11.2. The van der Waals surface area contributed by atoms with Crippen LogP contribution in [0.5, 0.6) is 0 Å². The van der Waals surface area contributed by atoms with Crippen LogP contribution in [0.1, 0.15) is 20.8 Å². The van der Waals surface area contributed by atoms with Crippen molar-refractivity contribution < 1.29 is 18.6 Å². The average Bonchev–Trinajstić information content (AvgIpc) is 1.85. The third kappa shape index (κ3) is 4.21. The highest BCUT2D eigenvalue weighted by Gasteiger charge is 2.24. The van der Waals surface area contributed by atoms with E-state index in [-0.39, 0.29) is 5.57 Å². The summed E-state index contributed by atoms with van der Waals surface area (Å²) in [4.78, 5) is 10.9. The first-order valence-electron chi connectivity index (χ1n) is 3.29. The van der Waals surface area contributed by atoms with Crippen molar-refractivity contribution >= 4 is 14.7 Å². The SMILES string of the molecule is C=C(C)C(=O)OC(C)(C)OP=O. The zero-order valence-corrected chi connectivity index (χ0v) is 8.18. The minimum absolute atomic E-state index is 0.272. The molecule has 0 bridgehead atoms. The Morgan fingerprint density at radius 2 is 2.00 bits per heavy atom. The first kappa shape index (κ1) is 11.3. The van der Waals surface area contributed by atoms with E-state index in [9.17, 15) is 9.36 Å². The molecule has 0 heterocycles. The number of rotatable bonds is 4. The molecule has 0 radical (unpaired) electrons. The summed E-state index contributed by atoms with van der Waals surface area (Å²) in [6.45, 7) is 7.88. The van der Waals surface area contributed by atoms with Crippen LogP contribution in [0, 0.1) is 0 Å². The number of hydrogen-bond acceptors (Lipinski definition) is 4. The van der Waals surface area contributed by atoms with Gasteiger partial charge in [-0.25, -0.2) is 13.9 Å². The highest BCUT2D eigenvalue weighted by Crippen LogP contribution is 2.18. The third-order valence-corrected chi connectivity index (χ3v) is 1.46. The number of hydrogen-bond donors (Lipinski definition) is 0. The van der Waals surface area contributed by atoms with E-state index in [1.807, 2.05) is 0 Å². The maximum Gasteiger partial charge on any atom is 0.335 e. The van der Waals surface area contributed by atoms with Gasteiger partial charge in [0.15, 0.2) is 0 Å². The minimum atomic E-state index is -1.18. The fourth-order valence-electron chi connectivity index (χ4n) is 0.419. The highest BCUT2D eigenvalue weighted by molar-refractivity contribution is 7.17. The smallest absolute Gasteiger partial charge is 0.335 e. The summed E-state index contributed by atoms with van der Waals surface area (Å²) in [5.41, 5.74) is 0.272. The van der Waals surface area contributed by atoms with E-state index >= 15 is 0 Å². The summed E-state index contributed by atoms with van der Waals surface area (Å²) in [6, 6.07) is 0. The lowest BCUT2D eigenvalue weighted by atomic mass is 10.3. The topological polar surface area (TPSA) is 52.6 Å². The largest absolute Gasteiger partial charge is 0.429 e. The highest BCUT2D eigenvalue weighted by atomic mass is 31.1. The van der Waals surface area contributed by atoms with Crippen LogP contribution >= 0.6 is 8.69 Å². The molecule has 12 heavy (non-hydrogen) atoms. The van der Waals surface area contributed by atoms with E-state index in [0.717, 1.165) is 0 Å². The second-order valence-corrected chi connectivity index (χ2v) is 3.07. The van der Waals surface area contributed by atoms with E-state index in [4.69, 9.17) is 4.74 Å². The van der Waals surface area contributed by atoms with Gasteiger partial charge in [-0.05, 0) is 6.92 Å². The lowest BCUT2D eigenvalue weighted by molar-refractivity contribution is -0.179. The molecule has 0 aliphatic heterocycles. The standard InChI is InChI=1S/C7H11O4P/c1-5(2)6(8)10-7(3,4)11-12-9/h1H2,2-4H3. The number of carbonyl (C=O) groups is 1. The Balaban J connectivity index is 4.14. The van der Waals surface area contributed by atoms with E-state index in [1.165, 1.54) is 20.8 Å². The zero-order valence-electron chi connectivity index (χ0n) is 7.29. The van der Waals surface area contributed by atoms with Crippen molar-refractivity contribution in [3.05, 3.63) is 12.2 Å². The number of carbonyl (C=O) groups excluding carboxylic acids is 1. The maximum absolute atomic E-state index is 10.9. The molecular formula is C7H11O4P. The van der Waals surface area contributed by atoms with Gasteiger partial charge in [-0.1, -0.05) is 6.58 Å². The molecule has 0 amide bonds. The molecule has 0 fully saturated rings. The van der Waals surface area contributed by atoms with Crippen molar-refractivity contribution in [3.8, 4) is 0 Å². The molecule has 0 unspecified atom stereocenters. The molecule has 0 aliphatic rings. The van der Waals surface area contributed by atoms with Gasteiger partial charge in [0.1, 0.15) is 0 Å². The van der Waals surface area contributed by atoms with Crippen LogP contribution in [0.15, 0.2) is 12.2 Å². The maximum atomic E-state index is 10.9. The van der Waals surface area contributed by atoms with E-state index in [1.54, 1.807) is 0 Å². The van der Waals surface area contributed by atoms with Crippen LogP contribution < -0.4 is 0 Å². The first-order valence-corrected chi connectivity index (χ1v) is 4.02. The second kappa shape index (κ2) is 4.33. The summed E-state index contributed by atoms with van der Waals surface area (Å²) in [6.07, 6.45) is 0. The Labute approximate surface area is 72.8 Å². The Kier molecular flexibility index (Phi) is 4.07. The predicted octanol–water partition coefficient (Wildman–Crippen LogP) is 2.07. The molecule has 0 atom stereocenters. The molecule has 0 rings (SSSR count). The molecule has 0 saturated heterocycles. The lowest BCUT2D eigenvalue weighted by Crippen LogP contribution is -2.28. The minimum Gasteiger partial charge on any atom is -0.429 e. The zero-order chi connectivity index (χ0) is 9.78. The van der Waals surface area contributed by atoms with Crippen molar-refractivity contribution in [2.24, 2.45) is 0 Å². The Morgan fingerprint density at radius 1 is 1.50 bits per heavy atom. The molecule has 5 heteroatoms. The Bertz CT molecular complexity index is 209. The molecule has 0 N–H and O–H groups in total. The molecule has 0 saturated carbocycles. The van der Waals surface area contributed by atoms with Crippen molar-refractivity contribution in [3.63, 3.8) is 0 Å². The van der Waals surface area contributed by atoms with Crippen molar-refractivity contribution in [2.75, 3.05) is 0 Å². The van der Waals surface area contributed by atoms with Crippen LogP contribution in [0.4, 0.5) is 0 Å². The van der Waals surface area contributed by atoms with Crippen LogP contribution in [0.3, 0.4) is 0 Å². The summed E-state index contributed by atoms with van der Waals surface area (Å²) in [5, 5.41) is 0. The van der Waals surface area contributed by atoms with Gasteiger partial charge in [0.05, 0.1) is 0 Å². The van der Waals surface area contributed by atoms with Crippen molar-refractivity contribution in [1.29, 1.82) is 0 Å². The number of ether oxygens (including phenoxy) is 1. The quantitative estimate of drug-likeness (QED) is 0.294. The van der Waals surface area contributed by atoms with Gasteiger partial charge in [-0.3, -0.25) is 0 Å². The van der Waals surface area contributed by atoms with Crippen LogP contribution in [-0.2, 0) is 18.6 Å². The molecule has 0 aromatic carbocycles. The molecule has 0 spiro atoms. The Hall–Kier alpha value is -0.730. The van der Waals surface area contributed by atoms with Crippen LogP contribution in [-0.4, -0.2) is 11.8 Å². The summed E-state index contributed by atoms with van der Waals surface area (Å²) in [7, 11) is -0.525. The van der Waals surface area contributed by atoms with Gasteiger partial charge in [0.2, 0.25) is 5.79 Å². The summed E-state index contributed by atoms with van der Waals surface area (Å²) < 4.78 is 19.4. The molecule has 68 valence electrons.